The van der Waals surface area contributed by atoms with Crippen LogP contribution in [0.1, 0.15) is 11.1 Å². The van der Waals surface area contributed by atoms with Crippen LogP contribution in [-0.4, -0.2) is 26.1 Å². The van der Waals surface area contributed by atoms with Crippen molar-refractivity contribution < 1.29 is 0 Å². The molecule has 2 aliphatic rings. The minimum atomic E-state index is -0.0995. The zero-order valence-electron chi connectivity index (χ0n) is 28.8. The van der Waals surface area contributed by atoms with Crippen LogP contribution in [-0.2, 0) is 0 Å². The summed E-state index contributed by atoms with van der Waals surface area (Å²) in [4.78, 5) is 0. The summed E-state index contributed by atoms with van der Waals surface area (Å²) in [6.45, 7) is 0. The van der Waals surface area contributed by atoms with Crippen LogP contribution in [0.25, 0.3) is 71.7 Å². The first kappa shape index (κ1) is 29.6. The van der Waals surface area contributed by atoms with Gasteiger partial charge in [-0.25, -0.2) is 5.01 Å². The minimum absolute atomic E-state index is 0.0995. The Bertz CT molecular complexity index is 2930. The van der Waals surface area contributed by atoms with Crippen LogP contribution >= 0.6 is 0 Å². The van der Waals surface area contributed by atoms with Crippen molar-refractivity contribution in [1.82, 2.24) is 19.5 Å². The van der Waals surface area contributed by atoms with E-state index in [0.29, 0.717) is 0 Å². The van der Waals surface area contributed by atoms with Crippen molar-refractivity contribution in [3.05, 3.63) is 199 Å². The van der Waals surface area contributed by atoms with Gasteiger partial charge in [0.1, 0.15) is 6.17 Å². The number of amidine groups is 1. The van der Waals surface area contributed by atoms with Crippen LogP contribution in [0, 0.1) is 0 Å². The number of hydrazone groups is 1. The lowest BCUT2D eigenvalue weighted by Crippen LogP contribution is -2.38. The summed E-state index contributed by atoms with van der Waals surface area (Å²) >= 11 is 0. The van der Waals surface area contributed by atoms with Gasteiger partial charge in [-0.05, 0) is 77.4 Å². The predicted molar refractivity (Wildman–Crippen MR) is 219 cm³/mol. The van der Waals surface area contributed by atoms with E-state index in [0.717, 1.165) is 28.3 Å². The maximum absolute atomic E-state index is 5.02. The van der Waals surface area contributed by atoms with Crippen molar-refractivity contribution >= 4 is 55.0 Å². The number of hydrogen-bond donors (Lipinski definition) is 1. The second kappa shape index (κ2) is 11.7. The Balaban J connectivity index is 0.892. The lowest BCUT2D eigenvalue weighted by atomic mass is 9.98. The van der Waals surface area contributed by atoms with Crippen LogP contribution in [0.5, 0.6) is 0 Å². The van der Waals surface area contributed by atoms with Crippen molar-refractivity contribution in [3.8, 4) is 22.5 Å². The van der Waals surface area contributed by atoms with Crippen LogP contribution in [0.4, 0.5) is 0 Å². The summed E-state index contributed by atoms with van der Waals surface area (Å²) in [5, 5.41) is 15.8. The summed E-state index contributed by atoms with van der Waals surface area (Å²) < 4.78 is 4.73. The Morgan fingerprint density at radius 3 is 1.72 bits per heavy atom. The lowest BCUT2D eigenvalue weighted by Gasteiger charge is -2.26. The molecule has 250 valence electrons. The van der Waals surface area contributed by atoms with E-state index in [1.165, 1.54) is 60.3 Å². The number of allylic oxidation sites excluding steroid dienone is 2. The Morgan fingerprint density at radius 2 is 1.00 bits per heavy atom. The summed E-state index contributed by atoms with van der Waals surface area (Å²) in [7, 11) is 0. The highest BCUT2D eigenvalue weighted by Gasteiger charge is 2.31. The van der Waals surface area contributed by atoms with Crippen molar-refractivity contribution in [1.29, 1.82) is 0 Å². The number of nitrogens with one attached hydrogen (secondary N) is 1. The number of para-hydroxylation sites is 4. The Morgan fingerprint density at radius 1 is 0.434 bits per heavy atom. The zero-order chi connectivity index (χ0) is 34.9. The van der Waals surface area contributed by atoms with Crippen LogP contribution < -0.4 is 5.32 Å². The number of aromatic nitrogens is 2. The van der Waals surface area contributed by atoms with Gasteiger partial charge in [-0.3, -0.25) is 0 Å². The molecule has 0 bridgehead atoms. The summed E-state index contributed by atoms with van der Waals surface area (Å²) in [5.41, 5.74) is 12.9. The topological polar surface area (TPSA) is 37.5 Å². The molecule has 0 aliphatic carbocycles. The lowest BCUT2D eigenvalue weighted by molar-refractivity contribution is 0.359. The first-order valence-electron chi connectivity index (χ1n) is 18.1. The second-order valence-corrected chi connectivity index (χ2v) is 13.8. The molecule has 11 rings (SSSR count). The van der Waals surface area contributed by atoms with Gasteiger partial charge in [0.15, 0.2) is 5.84 Å². The zero-order valence-corrected chi connectivity index (χ0v) is 28.8. The quantitative estimate of drug-likeness (QED) is 0.197. The number of nitrogens with zero attached hydrogens (tertiary/aromatic N) is 4. The molecule has 4 heterocycles. The van der Waals surface area contributed by atoms with Gasteiger partial charge < -0.3 is 14.5 Å². The molecule has 5 nitrogen and oxygen atoms in total. The molecule has 0 saturated carbocycles. The Labute approximate surface area is 306 Å². The van der Waals surface area contributed by atoms with E-state index in [1.807, 2.05) is 11.2 Å². The number of benzene rings is 7. The molecule has 1 atom stereocenters. The molecule has 53 heavy (non-hydrogen) atoms. The van der Waals surface area contributed by atoms with Crippen molar-refractivity contribution in [2.24, 2.45) is 5.10 Å². The number of rotatable bonds is 5. The molecule has 2 aromatic heterocycles. The molecule has 0 radical (unpaired) electrons. The molecule has 1 N–H and O–H groups in total. The van der Waals surface area contributed by atoms with Crippen LogP contribution in [0.3, 0.4) is 0 Å². The van der Waals surface area contributed by atoms with Crippen LogP contribution in [0.2, 0.25) is 0 Å². The first-order valence-corrected chi connectivity index (χ1v) is 18.1. The molecular weight excluding hydrogens is 647 g/mol. The van der Waals surface area contributed by atoms with Gasteiger partial charge in [0.25, 0.3) is 0 Å². The van der Waals surface area contributed by atoms with E-state index < -0.39 is 0 Å². The van der Waals surface area contributed by atoms with Gasteiger partial charge >= 0.3 is 0 Å². The second-order valence-electron chi connectivity index (χ2n) is 13.8. The monoisotopic (exact) mass is 679 g/mol. The van der Waals surface area contributed by atoms with E-state index in [1.54, 1.807) is 0 Å². The molecule has 0 fully saturated rings. The molecule has 9 aromatic rings. The molecule has 1 unspecified atom stereocenters. The standard InChI is InChI=1S/C48H33N5/c1-2-13-36(14-3-1)52-45-22-9-6-18-41(45)42-31-35(27-28-46(42)52)38-19-11-29-51-48(38)49-47(50-51)33-25-23-32(24-26-33)34-12-10-15-37(30-34)53-43-20-7-4-16-39(43)40-17-5-8-21-44(40)53/h1-31,48H,(H,49,50). The van der Waals surface area contributed by atoms with Crippen molar-refractivity contribution in [2.45, 2.75) is 6.17 Å². The van der Waals surface area contributed by atoms with Crippen molar-refractivity contribution in [2.75, 3.05) is 0 Å². The van der Waals surface area contributed by atoms with E-state index in [4.69, 9.17) is 5.10 Å². The fraction of sp³-hybridized carbons (Fsp3) is 0.0208. The van der Waals surface area contributed by atoms with Gasteiger partial charge in [0, 0.05) is 50.3 Å². The SMILES string of the molecule is C1=CN2N=C(c3ccc(-c4cccc(-n5c6ccccc6c6ccccc65)c4)cc3)NC2C(c2ccc3c(c2)c2ccccc2n3-c2ccccc2)=C1. The third-order valence-electron chi connectivity index (χ3n) is 10.8. The van der Waals surface area contributed by atoms with Gasteiger partial charge in [0.2, 0.25) is 0 Å². The third kappa shape index (κ3) is 4.68. The highest BCUT2D eigenvalue weighted by atomic mass is 15.6. The average Bonchev–Trinajstić information content (AvgIpc) is 3.92. The smallest absolute Gasteiger partial charge is 0.155 e. The van der Waals surface area contributed by atoms with E-state index in [2.05, 4.69) is 196 Å². The van der Waals surface area contributed by atoms with E-state index in [-0.39, 0.29) is 6.17 Å². The van der Waals surface area contributed by atoms with Crippen LogP contribution in [0.15, 0.2) is 193 Å². The van der Waals surface area contributed by atoms with Gasteiger partial charge in [-0.1, -0.05) is 121 Å². The number of fused-ring (bicyclic) bond motifs is 7. The normalized spacial score (nSPS) is 15.2. The Kier molecular flexibility index (Phi) is 6.55. The molecule has 0 saturated heterocycles. The number of hydrogen-bond acceptors (Lipinski definition) is 3. The molecule has 0 spiro atoms. The van der Waals surface area contributed by atoms with E-state index in [9.17, 15) is 0 Å². The molecule has 0 amide bonds. The highest BCUT2D eigenvalue weighted by molar-refractivity contribution is 6.11. The van der Waals surface area contributed by atoms with E-state index >= 15 is 0 Å². The maximum atomic E-state index is 5.02. The predicted octanol–water partition coefficient (Wildman–Crippen LogP) is 11.1. The van der Waals surface area contributed by atoms with Crippen molar-refractivity contribution in [3.63, 3.8) is 0 Å². The average molecular weight is 680 g/mol. The van der Waals surface area contributed by atoms with Gasteiger partial charge in [-0.2, -0.15) is 5.10 Å². The third-order valence-corrected chi connectivity index (χ3v) is 10.8. The fourth-order valence-electron chi connectivity index (χ4n) is 8.31. The maximum Gasteiger partial charge on any atom is 0.155 e. The first-order chi connectivity index (χ1) is 26.3. The summed E-state index contributed by atoms with van der Waals surface area (Å²) in [5.74, 6) is 0.861. The molecule has 5 heteroatoms. The summed E-state index contributed by atoms with van der Waals surface area (Å²) in [6.07, 6.45) is 6.24. The molecule has 2 aliphatic heterocycles. The van der Waals surface area contributed by atoms with Gasteiger partial charge in [0.05, 0.1) is 22.1 Å². The summed E-state index contributed by atoms with van der Waals surface area (Å²) in [6, 6.07) is 61.0. The highest BCUT2D eigenvalue weighted by Crippen LogP contribution is 2.37. The fourth-order valence-corrected chi connectivity index (χ4v) is 8.31. The minimum Gasteiger partial charge on any atom is -0.343 e. The van der Waals surface area contributed by atoms with Gasteiger partial charge in [-0.15, -0.1) is 0 Å². The molecule has 7 aromatic carbocycles. The Hall–Kier alpha value is -7.11. The molecular formula is C48H33N5. The largest absolute Gasteiger partial charge is 0.343 e.